The summed E-state index contributed by atoms with van der Waals surface area (Å²) in [5.74, 6) is -10.2. The molecule has 0 aromatic carbocycles. The second-order valence-electron chi connectivity index (χ2n) is 32.3. The normalized spacial score (nSPS) is 38.0. The molecule has 112 heavy (non-hydrogen) atoms. The summed E-state index contributed by atoms with van der Waals surface area (Å²) >= 11 is 0.0880. The predicted molar refractivity (Wildman–Crippen MR) is 372 cm³/mol. The van der Waals surface area contributed by atoms with Crippen molar-refractivity contribution < 1.29 is 174 Å². The zero-order valence-corrected chi connectivity index (χ0v) is 65.9. The minimum absolute atomic E-state index is 0.0386. The SMILES string of the molecule is C=C1C2CCC3C4(C)CC(O[C@@H]5O[C@@H](COC(=O)CCC(=O)NCN)[C@@H](OSOO[O-])[C@H](OSOO[O-])C5OC(=O)CC(C)C)CC(C(=O)O)C4CCC3(C2)[C@H]1O.C=C1C2CCC3C4(C)CC(O[C@@H]5O[C@@H](COC(=O)CCC(=O)O)[C@@H](OS(=O)(=O)O)[C@H](OS(=O)(=O)O)C5OC(=O)CC(C)C)CC(C(=O)O)C4CCC3(C2)[C@H]1O. The van der Waals surface area contributed by atoms with Gasteiger partial charge in [0.05, 0.1) is 62.2 Å². The summed E-state index contributed by atoms with van der Waals surface area (Å²) in [6, 6.07) is 0. The highest BCUT2D eigenvalue weighted by Crippen LogP contribution is 2.73. The largest absolute Gasteiger partial charge is 0.691 e. The van der Waals surface area contributed by atoms with Crippen molar-refractivity contribution in [2.75, 3.05) is 19.9 Å². The van der Waals surface area contributed by atoms with Gasteiger partial charge in [0.25, 0.3) is 0 Å². The molecule has 1 amide bonds. The average molecular weight is 1680 g/mol. The van der Waals surface area contributed by atoms with Crippen LogP contribution in [0.2, 0.25) is 0 Å². The minimum atomic E-state index is -5.55. The molecule has 4 bridgehead atoms. The number of carboxylic acid groups (broad SMARTS) is 3. The third kappa shape index (κ3) is 21.1. The lowest BCUT2D eigenvalue weighted by Crippen LogP contribution is -2.64. The first-order valence-electron chi connectivity index (χ1n) is 37.2. The third-order valence-electron chi connectivity index (χ3n) is 24.8. The minimum Gasteiger partial charge on any atom is -0.691 e. The van der Waals surface area contributed by atoms with Gasteiger partial charge in [0, 0.05) is 30.1 Å². The summed E-state index contributed by atoms with van der Waals surface area (Å²) in [5, 5.41) is 83.8. The van der Waals surface area contributed by atoms with Crippen molar-refractivity contribution in [2.45, 2.75) is 256 Å². The Morgan fingerprint density at radius 2 is 0.982 bits per heavy atom. The lowest BCUT2D eigenvalue weighted by molar-refractivity contribution is -0.778. The van der Waals surface area contributed by atoms with Crippen LogP contribution in [-0.4, -0.2) is 205 Å². The van der Waals surface area contributed by atoms with Gasteiger partial charge in [-0.3, -0.25) is 65.9 Å². The molecule has 2 heterocycles. The van der Waals surface area contributed by atoms with E-state index in [1.807, 2.05) is 6.92 Å². The van der Waals surface area contributed by atoms with E-state index in [9.17, 15) is 95.2 Å². The Morgan fingerprint density at radius 3 is 1.38 bits per heavy atom. The number of hydrogen-bond donors (Lipinski definition) is 9. The van der Waals surface area contributed by atoms with Gasteiger partial charge < -0.3 is 85.0 Å². The number of carboxylic acids is 3. The van der Waals surface area contributed by atoms with Crippen LogP contribution in [0.25, 0.3) is 0 Å². The Kier molecular flexibility index (Phi) is 31.0. The van der Waals surface area contributed by atoms with Gasteiger partial charge in [-0.15, -0.1) is 8.67 Å². The molecular weight excluding hydrogens is 1580 g/mol. The summed E-state index contributed by atoms with van der Waals surface area (Å²) in [6.45, 7) is 17.6. The molecule has 39 nitrogen and oxygen atoms in total. The Bertz CT molecular complexity index is 3610. The Hall–Kier alpha value is -4.92. The molecule has 8 aliphatic carbocycles. The van der Waals surface area contributed by atoms with Crippen LogP contribution < -0.4 is 21.6 Å². The number of nitrogens with two attached hydrogens (primary N) is 1. The number of aliphatic hydroxyl groups excluding tert-OH is 2. The van der Waals surface area contributed by atoms with Gasteiger partial charge in [0.1, 0.15) is 43.7 Å². The number of aliphatic hydroxyl groups is 2. The van der Waals surface area contributed by atoms with E-state index < -0.39 is 214 Å². The number of rotatable bonds is 35. The van der Waals surface area contributed by atoms with E-state index in [0.717, 1.165) is 36.8 Å². The van der Waals surface area contributed by atoms with E-state index >= 15 is 0 Å². The number of amides is 1. The number of ether oxygens (including phenoxy) is 8. The van der Waals surface area contributed by atoms with Crippen LogP contribution in [0.5, 0.6) is 0 Å². The highest BCUT2D eigenvalue weighted by atomic mass is 32.3. The van der Waals surface area contributed by atoms with Crippen molar-refractivity contribution in [3.8, 4) is 0 Å². The fourth-order valence-electron chi connectivity index (χ4n) is 20.6. The molecule has 2 saturated heterocycles. The zero-order chi connectivity index (χ0) is 82.3. The molecule has 16 unspecified atom stereocenters. The smallest absolute Gasteiger partial charge is 0.397 e. The molecule has 10 fully saturated rings. The lowest BCUT2D eigenvalue weighted by Gasteiger charge is -2.62. The van der Waals surface area contributed by atoms with Crippen molar-refractivity contribution in [2.24, 2.45) is 86.6 Å². The number of nitrogens with one attached hydrogen (secondary N) is 1. The summed E-state index contributed by atoms with van der Waals surface area (Å²) in [6.07, 6.45) is -15.9. The number of hydrogen-bond acceptors (Lipinski definition) is 35. The molecule has 636 valence electrons. The number of esters is 4. The van der Waals surface area contributed by atoms with Crippen LogP contribution in [0.15, 0.2) is 24.3 Å². The molecule has 8 saturated carbocycles. The van der Waals surface area contributed by atoms with Crippen LogP contribution in [-0.2, 0) is 133 Å². The molecule has 43 heteroatoms. The Labute approximate surface area is 655 Å². The summed E-state index contributed by atoms with van der Waals surface area (Å²) in [7, 11) is -11.1. The quantitative estimate of drug-likeness (QED) is 0.00420. The molecule has 0 radical (unpaired) electrons. The van der Waals surface area contributed by atoms with Gasteiger partial charge >= 0.3 is 62.6 Å². The Morgan fingerprint density at radius 1 is 0.571 bits per heavy atom. The first kappa shape index (κ1) is 91.0. The van der Waals surface area contributed by atoms with Crippen molar-refractivity contribution in [3.05, 3.63) is 24.3 Å². The van der Waals surface area contributed by atoms with Crippen molar-refractivity contribution in [1.29, 1.82) is 0 Å². The first-order chi connectivity index (χ1) is 52.6. The molecule has 26 atom stereocenters. The van der Waals surface area contributed by atoms with Crippen molar-refractivity contribution >= 4 is 93.1 Å². The van der Waals surface area contributed by atoms with Gasteiger partial charge in [0.2, 0.25) is 5.91 Å². The summed E-state index contributed by atoms with van der Waals surface area (Å²) < 4.78 is 145. The maximum Gasteiger partial charge on any atom is 0.397 e. The number of aliphatic carboxylic acids is 3. The maximum atomic E-state index is 13.3. The number of fused-ring (bicyclic) bond motifs is 6. The van der Waals surface area contributed by atoms with Gasteiger partial charge in [0.15, 0.2) is 55.5 Å². The van der Waals surface area contributed by atoms with Crippen LogP contribution in [0.4, 0.5) is 0 Å². The molecule has 2 aliphatic heterocycles. The van der Waals surface area contributed by atoms with Gasteiger partial charge in [-0.05, 0) is 159 Å². The first-order valence-corrected chi connectivity index (χ1v) is 41.3. The fraction of sp³-hybridized carbons (Fsp3) is 0.826. The topological polar surface area (TPSA) is 578 Å². The Balaban J connectivity index is 0.000000257. The summed E-state index contributed by atoms with van der Waals surface area (Å²) in [4.78, 5) is 100. The standard InChI is InChI=1S/C35H54N2O18S2.C34H50O19S2/c1-17(2)11-27(40)49-30-29(51-57-55-53-45)28(50-56-54-52-44)23(15-46-26(39)8-7-25(38)37-16-36)48-33(30)47-20-12-21(32(42)43)22-9-10-35-13-19(18(3)31(35)41)5-6-24(35)34(22,4)14-20;1-16(2)11-26(38)51-29-28(53-55(45,46)47)27(52-54(42,43)44)22(15-48-25(37)8-7-24(35)36)50-32(29)49-19-12-20(31(40)41)21-9-10-34-13-18(17(3)30(34)39)5-6-23(34)33(21,4)14-19/h17,19-24,28-31,33,41,44-45H,3,5-16,36H2,1-2,4H3,(H,37,38)(H,42,43);16,18-23,27-30,32,39H,3,5-15H2,1-2,4H3,(H,35,36)(H,40,41)(H,42,43,44)(H,45,46,47)/p-2/t19?,20?,21?,22?,23-,24?,28+,29-,30?,31-,33+,34?,35?;18?,19?,20?,21?,22-,23?,27+,28-,29?,30-,32+,33?,34?/m00/s1. The van der Waals surface area contributed by atoms with E-state index in [2.05, 4.69) is 44.1 Å². The molecule has 0 aromatic heterocycles. The van der Waals surface area contributed by atoms with E-state index in [0.29, 0.717) is 44.9 Å². The molecule has 0 aromatic rings. The van der Waals surface area contributed by atoms with Gasteiger partial charge in [-0.2, -0.15) is 16.8 Å². The molecule has 10 N–H and O–H groups in total. The van der Waals surface area contributed by atoms with E-state index in [-0.39, 0.29) is 124 Å². The highest BCUT2D eigenvalue weighted by Gasteiger charge is 2.70. The van der Waals surface area contributed by atoms with Crippen molar-refractivity contribution in [3.63, 3.8) is 0 Å². The molecule has 10 aliphatic rings. The van der Waals surface area contributed by atoms with Gasteiger partial charge in [-0.1, -0.05) is 54.7 Å². The maximum absolute atomic E-state index is 13.3. The van der Waals surface area contributed by atoms with Crippen LogP contribution in [0, 0.1) is 80.8 Å². The average Bonchev–Trinajstić information content (AvgIpc) is 1.48. The number of carbonyl (C=O) groups excluding carboxylic acids is 5. The zero-order valence-electron chi connectivity index (χ0n) is 62.6. The lowest BCUT2D eigenvalue weighted by atomic mass is 9.43. The molecule has 10 rings (SSSR count). The highest BCUT2D eigenvalue weighted by molar-refractivity contribution is 7.90. The van der Waals surface area contributed by atoms with Crippen LogP contribution >= 0.6 is 24.6 Å². The van der Waals surface area contributed by atoms with E-state index in [4.69, 9.17) is 65.5 Å². The van der Waals surface area contributed by atoms with Crippen LogP contribution in [0.1, 0.15) is 170 Å². The number of carbonyl (C=O) groups is 8. The van der Waals surface area contributed by atoms with Crippen molar-refractivity contribution in [1.82, 2.24) is 5.32 Å². The van der Waals surface area contributed by atoms with Gasteiger partial charge in [-0.25, -0.2) is 8.37 Å². The molecule has 2 spiro atoms. The second kappa shape index (κ2) is 38.2. The summed E-state index contributed by atoms with van der Waals surface area (Å²) in [5.41, 5.74) is 4.61. The molecular formula is C69H102N2O37S4-2. The van der Waals surface area contributed by atoms with Crippen LogP contribution in [0.3, 0.4) is 0 Å². The monoisotopic (exact) mass is 1680 g/mol. The predicted octanol–water partition coefficient (Wildman–Crippen LogP) is 3.08. The van der Waals surface area contributed by atoms with E-state index in [1.165, 1.54) is 0 Å². The third-order valence-corrected chi connectivity index (χ3v) is 26.6. The fourth-order valence-corrected chi connectivity index (χ4v) is 22.4. The van der Waals surface area contributed by atoms with E-state index in [1.54, 1.807) is 27.7 Å². The second-order valence-corrected chi connectivity index (χ2v) is 35.4.